The Hall–Kier alpha value is -0.640. The van der Waals surface area contributed by atoms with Crippen LogP contribution in [0.15, 0.2) is 15.7 Å². The second-order valence-corrected chi connectivity index (χ2v) is 9.76. The van der Waals surface area contributed by atoms with E-state index in [9.17, 15) is 21.6 Å². The van der Waals surface area contributed by atoms with Crippen molar-refractivity contribution in [3.05, 3.63) is 17.0 Å². The first-order chi connectivity index (χ1) is 8.65. The van der Waals surface area contributed by atoms with Crippen molar-refractivity contribution in [3.8, 4) is 0 Å². The summed E-state index contributed by atoms with van der Waals surface area (Å²) in [4.78, 5) is 11.6. The van der Waals surface area contributed by atoms with Gasteiger partial charge in [-0.3, -0.25) is 4.79 Å². The Labute approximate surface area is 120 Å². The average molecular weight is 346 g/mol. The molecule has 0 spiro atoms. The van der Waals surface area contributed by atoms with E-state index in [1.807, 2.05) is 0 Å². The number of hydrogen-bond acceptors (Lipinski definition) is 6. The molecule has 1 aromatic heterocycles. The molecule has 0 unspecified atom stereocenters. The monoisotopic (exact) mass is 345 g/mol. The maximum absolute atomic E-state index is 11.6. The molecule has 0 aliphatic rings. The van der Waals surface area contributed by atoms with Gasteiger partial charge in [0, 0.05) is 28.4 Å². The van der Waals surface area contributed by atoms with Gasteiger partial charge in [-0.25, -0.2) is 16.8 Å². The lowest BCUT2D eigenvalue weighted by molar-refractivity contribution is 0.0956. The first kappa shape index (κ1) is 16.4. The van der Waals surface area contributed by atoms with Gasteiger partial charge >= 0.3 is 0 Å². The first-order valence-corrected chi connectivity index (χ1v) is 10.2. The number of nitrogens with one attached hydrogen (secondary N) is 1. The van der Waals surface area contributed by atoms with Gasteiger partial charge in [0.2, 0.25) is 0 Å². The van der Waals surface area contributed by atoms with Crippen LogP contribution >= 0.6 is 22.0 Å². The van der Waals surface area contributed by atoms with Crippen LogP contribution in [0.25, 0.3) is 0 Å². The predicted molar refractivity (Wildman–Crippen MR) is 74.0 cm³/mol. The molecule has 6 nitrogen and oxygen atoms in total. The number of thiophene rings is 1. The van der Waals surface area contributed by atoms with Crippen LogP contribution in [0.2, 0.25) is 0 Å². The Morgan fingerprint density at radius 1 is 1.37 bits per heavy atom. The molecule has 0 radical (unpaired) electrons. The van der Waals surface area contributed by atoms with Gasteiger partial charge in [0.15, 0.2) is 9.84 Å². The number of carbonyl (C=O) groups excluding carboxylic acids is 1. The van der Waals surface area contributed by atoms with Crippen molar-refractivity contribution < 1.29 is 21.6 Å². The smallest absolute Gasteiger partial charge is 0.270 e. The molecule has 0 aromatic carbocycles. The Morgan fingerprint density at radius 2 is 2.00 bits per heavy atom. The molecule has 1 N–H and O–H groups in total. The highest BCUT2D eigenvalue weighted by Gasteiger charge is 2.16. The van der Waals surface area contributed by atoms with Crippen LogP contribution in [0.1, 0.15) is 17.3 Å². The molecule has 0 fully saturated rings. The minimum Gasteiger partial charge on any atom is -0.351 e. The van der Waals surface area contributed by atoms with E-state index in [1.165, 1.54) is 12.3 Å². The standard InChI is InChI=1S/C9H12ClNO5S3/c1-2-18(13,14)4-3-11-9(12)7-5-8(17-6-7)19(10,15)16/h5-6H,2-4H2,1H3,(H,11,12). The molecular weight excluding hydrogens is 334 g/mol. The Bertz CT molecular complexity index is 662. The SMILES string of the molecule is CCS(=O)(=O)CCNC(=O)c1csc(S(=O)(=O)Cl)c1. The molecule has 0 aliphatic carbocycles. The second-order valence-electron chi connectivity index (χ2n) is 3.58. The summed E-state index contributed by atoms with van der Waals surface area (Å²) in [5.74, 6) is -0.676. The predicted octanol–water partition coefficient (Wildman–Crippen LogP) is 0.840. The lowest BCUT2D eigenvalue weighted by Gasteiger charge is -2.03. The van der Waals surface area contributed by atoms with E-state index < -0.39 is 24.8 Å². The minimum absolute atomic E-state index is 0.00988. The minimum atomic E-state index is -3.85. The van der Waals surface area contributed by atoms with Crippen LogP contribution in [0, 0.1) is 0 Å². The fourth-order valence-corrected chi connectivity index (χ4v) is 3.78. The van der Waals surface area contributed by atoms with E-state index in [2.05, 4.69) is 5.32 Å². The lowest BCUT2D eigenvalue weighted by Crippen LogP contribution is -2.29. The highest BCUT2D eigenvalue weighted by atomic mass is 35.7. The van der Waals surface area contributed by atoms with Crippen molar-refractivity contribution in [3.63, 3.8) is 0 Å². The van der Waals surface area contributed by atoms with Gasteiger partial charge in [0.25, 0.3) is 15.0 Å². The van der Waals surface area contributed by atoms with Crippen LogP contribution in [0.4, 0.5) is 0 Å². The third-order valence-corrected chi connectivity index (χ3v) is 6.96. The third kappa shape index (κ3) is 5.09. The summed E-state index contributed by atoms with van der Waals surface area (Å²) >= 11 is 0.829. The molecule has 1 rings (SSSR count). The van der Waals surface area contributed by atoms with Gasteiger partial charge in [-0.15, -0.1) is 11.3 Å². The van der Waals surface area contributed by atoms with E-state index in [0.717, 1.165) is 17.4 Å². The molecule has 1 heterocycles. The molecule has 0 atom stereocenters. The molecule has 0 saturated heterocycles. The number of amides is 1. The molecule has 0 aliphatic heterocycles. The molecule has 0 bridgehead atoms. The Balaban J connectivity index is 2.63. The van der Waals surface area contributed by atoms with E-state index in [1.54, 1.807) is 0 Å². The molecule has 10 heteroatoms. The maximum Gasteiger partial charge on any atom is 0.270 e. The fourth-order valence-electron chi connectivity index (χ4n) is 1.13. The third-order valence-electron chi connectivity index (χ3n) is 2.22. The van der Waals surface area contributed by atoms with Crippen LogP contribution in [-0.4, -0.2) is 40.8 Å². The Kier molecular flexibility index (Phi) is 5.36. The highest BCUT2D eigenvalue weighted by Crippen LogP contribution is 2.23. The van der Waals surface area contributed by atoms with E-state index in [4.69, 9.17) is 10.7 Å². The molecule has 0 saturated carbocycles. The summed E-state index contributed by atoms with van der Waals surface area (Å²) in [6, 6.07) is 1.15. The van der Waals surface area contributed by atoms with Crippen LogP contribution in [0.3, 0.4) is 0 Å². The van der Waals surface area contributed by atoms with Gasteiger partial charge in [0.1, 0.15) is 4.21 Å². The summed E-state index contributed by atoms with van der Waals surface area (Å²) in [5.41, 5.74) is 0.137. The highest BCUT2D eigenvalue weighted by molar-refractivity contribution is 8.15. The van der Waals surface area contributed by atoms with Crippen molar-refractivity contribution in [2.45, 2.75) is 11.1 Å². The fraction of sp³-hybridized carbons (Fsp3) is 0.444. The molecule has 108 valence electrons. The second kappa shape index (κ2) is 6.21. The van der Waals surface area contributed by atoms with E-state index in [0.29, 0.717) is 0 Å². The number of carbonyl (C=O) groups is 1. The first-order valence-electron chi connectivity index (χ1n) is 5.17. The normalized spacial score (nSPS) is 12.3. The summed E-state index contributed by atoms with van der Waals surface area (Å²) in [6.45, 7) is 1.50. The van der Waals surface area contributed by atoms with Crippen molar-refractivity contribution in [2.24, 2.45) is 0 Å². The molecule has 19 heavy (non-hydrogen) atoms. The van der Waals surface area contributed by atoms with E-state index >= 15 is 0 Å². The molecule has 1 amide bonds. The van der Waals surface area contributed by atoms with Crippen molar-refractivity contribution in [2.75, 3.05) is 18.1 Å². The van der Waals surface area contributed by atoms with Crippen molar-refractivity contribution in [1.29, 1.82) is 0 Å². The number of halogens is 1. The van der Waals surface area contributed by atoms with Crippen LogP contribution in [-0.2, 0) is 18.9 Å². The quantitative estimate of drug-likeness (QED) is 0.770. The summed E-state index contributed by atoms with van der Waals surface area (Å²) in [5, 5.41) is 3.75. The van der Waals surface area contributed by atoms with Gasteiger partial charge in [-0.05, 0) is 6.07 Å². The Morgan fingerprint density at radius 3 is 2.47 bits per heavy atom. The average Bonchev–Trinajstić information content (AvgIpc) is 2.77. The molecule has 1 aromatic rings. The topological polar surface area (TPSA) is 97.4 Å². The van der Waals surface area contributed by atoms with Gasteiger partial charge in [-0.1, -0.05) is 6.92 Å². The van der Waals surface area contributed by atoms with Crippen LogP contribution < -0.4 is 5.32 Å². The summed E-state index contributed by atoms with van der Waals surface area (Å²) < 4.78 is 44.3. The van der Waals surface area contributed by atoms with Gasteiger partial charge < -0.3 is 5.32 Å². The zero-order valence-corrected chi connectivity index (χ0v) is 13.1. The van der Waals surface area contributed by atoms with Gasteiger partial charge in [-0.2, -0.15) is 0 Å². The number of sulfone groups is 1. The number of rotatable bonds is 6. The zero-order chi connectivity index (χ0) is 14.7. The zero-order valence-electron chi connectivity index (χ0n) is 9.92. The molecular formula is C9H12ClNO5S3. The van der Waals surface area contributed by atoms with Crippen molar-refractivity contribution >= 4 is 46.8 Å². The number of hydrogen-bond donors (Lipinski definition) is 1. The van der Waals surface area contributed by atoms with Gasteiger partial charge in [0.05, 0.1) is 11.3 Å². The summed E-state index contributed by atoms with van der Waals surface area (Å²) in [7, 11) is -1.86. The van der Waals surface area contributed by atoms with E-state index in [-0.39, 0.29) is 27.8 Å². The van der Waals surface area contributed by atoms with Crippen molar-refractivity contribution in [1.82, 2.24) is 5.32 Å². The largest absolute Gasteiger partial charge is 0.351 e. The lowest BCUT2D eigenvalue weighted by atomic mass is 10.3. The van der Waals surface area contributed by atoms with Crippen LogP contribution in [0.5, 0.6) is 0 Å². The maximum atomic E-state index is 11.6. The summed E-state index contributed by atoms with van der Waals surface area (Å²) in [6.07, 6.45) is 0.